The summed E-state index contributed by atoms with van der Waals surface area (Å²) in [6, 6.07) is 0. The van der Waals surface area contributed by atoms with E-state index < -0.39 is 6.10 Å². The van der Waals surface area contributed by atoms with Gasteiger partial charge in [-0.25, -0.2) is 0 Å². The Bertz CT molecular complexity index is 97.5. The molecule has 0 aliphatic carbocycles. The van der Waals surface area contributed by atoms with Gasteiger partial charge in [0, 0.05) is 6.42 Å². The van der Waals surface area contributed by atoms with Crippen molar-refractivity contribution in [2.45, 2.75) is 19.4 Å². The first-order chi connectivity index (χ1) is 5.08. The van der Waals surface area contributed by atoms with E-state index in [-0.39, 0.29) is 28.2 Å². The number of rotatable bonds is 3. The van der Waals surface area contributed by atoms with Gasteiger partial charge in [0.1, 0.15) is 6.10 Å². The Hall–Kier alpha value is 0.200. The van der Waals surface area contributed by atoms with Crippen LogP contribution in [0.1, 0.15) is 13.3 Å². The molecule has 12 heavy (non-hydrogen) atoms. The zero-order valence-corrected chi connectivity index (χ0v) is 9.33. The van der Waals surface area contributed by atoms with Crippen molar-refractivity contribution < 1.29 is 20.4 Å². The molecule has 0 saturated carbocycles. The summed E-state index contributed by atoms with van der Waals surface area (Å²) in [4.78, 5) is 0. The van der Waals surface area contributed by atoms with Gasteiger partial charge in [-0.05, 0) is 12.2 Å². The Kier molecular flexibility index (Phi) is 20.7. The van der Waals surface area contributed by atoms with Crippen molar-refractivity contribution in [3.63, 3.8) is 0 Å². The van der Waals surface area contributed by atoms with Gasteiger partial charge >= 0.3 is 0 Å². The van der Waals surface area contributed by atoms with E-state index in [0.29, 0.717) is 6.42 Å². The first kappa shape index (κ1) is 18.1. The van der Waals surface area contributed by atoms with Crippen molar-refractivity contribution in [2.24, 2.45) is 0 Å². The summed E-state index contributed by atoms with van der Waals surface area (Å²) in [7, 11) is 0. The zero-order chi connectivity index (χ0) is 9.28. The smallest absolute Gasteiger partial charge is 0.156 e. The highest BCUT2D eigenvalue weighted by atomic mass is 32.1. The molecule has 0 aliphatic heterocycles. The Morgan fingerprint density at radius 3 is 1.58 bits per heavy atom. The number of hydrogen-bond donors (Lipinski definition) is 4. The average molecular weight is 216 g/mol. The van der Waals surface area contributed by atoms with Gasteiger partial charge < -0.3 is 20.4 Å². The normalized spacial score (nSPS) is 8.08. The highest BCUT2D eigenvalue weighted by Gasteiger charge is 1.93. The molecule has 0 saturated heterocycles. The van der Waals surface area contributed by atoms with Gasteiger partial charge in [-0.1, -0.05) is 6.92 Å². The second kappa shape index (κ2) is 13.8. The van der Waals surface area contributed by atoms with Crippen LogP contribution in [-0.4, -0.2) is 44.8 Å². The molecule has 6 heteroatoms. The molecule has 0 radical (unpaired) electrons. The van der Waals surface area contributed by atoms with Crippen LogP contribution in [0.3, 0.4) is 0 Å². The van der Waals surface area contributed by atoms with Gasteiger partial charge in [-0.3, -0.25) is 0 Å². The van der Waals surface area contributed by atoms with E-state index in [2.05, 4.69) is 12.2 Å². The molecule has 4 nitrogen and oxygen atoms in total. The van der Waals surface area contributed by atoms with Crippen molar-refractivity contribution in [2.75, 3.05) is 13.2 Å². The number of aliphatic hydroxyl groups is 4. The summed E-state index contributed by atoms with van der Waals surface area (Å²) < 4.78 is 0. The van der Waals surface area contributed by atoms with Gasteiger partial charge in [-0.2, -0.15) is 9.90 Å². The minimum absolute atomic E-state index is 0. The maximum atomic E-state index is 8.17. The van der Waals surface area contributed by atoms with Crippen LogP contribution < -0.4 is 0 Å². The standard InChI is InChI=1S/C3H8O3.C3H6OS.H3P/c4-1-3(6)2-5;1-2-3(4)5;/h3-6H,1-2H2;2H2,1H3,(H,4,5);1H3. The number of aliphatic hydroxyl groups excluding tert-OH is 4. The lowest BCUT2D eigenvalue weighted by atomic mass is 10.4. The Labute approximate surface area is 80.9 Å². The van der Waals surface area contributed by atoms with Gasteiger partial charge in [0.25, 0.3) is 0 Å². The van der Waals surface area contributed by atoms with E-state index in [9.17, 15) is 0 Å². The Balaban J connectivity index is -0.000000126. The largest absolute Gasteiger partial charge is 0.502 e. The van der Waals surface area contributed by atoms with Crippen LogP contribution in [0.2, 0.25) is 0 Å². The summed E-state index contributed by atoms with van der Waals surface area (Å²) in [5.41, 5.74) is 0. The lowest BCUT2D eigenvalue weighted by Gasteiger charge is -1.96. The van der Waals surface area contributed by atoms with Crippen LogP contribution in [0.25, 0.3) is 0 Å². The summed E-state index contributed by atoms with van der Waals surface area (Å²) in [6.07, 6.45) is -0.361. The molecule has 0 rings (SSSR count). The second-order valence-corrected chi connectivity index (χ2v) is 2.24. The molecule has 0 spiro atoms. The molecular formula is C6H17O4PS. The maximum absolute atomic E-state index is 8.17. The molecule has 1 unspecified atom stereocenters. The van der Waals surface area contributed by atoms with E-state index in [1.807, 2.05) is 6.92 Å². The molecular weight excluding hydrogens is 199 g/mol. The predicted molar refractivity (Wildman–Crippen MR) is 56.8 cm³/mol. The molecule has 0 aliphatic rings. The molecule has 0 aromatic carbocycles. The van der Waals surface area contributed by atoms with Crippen molar-refractivity contribution >= 4 is 27.2 Å². The fraction of sp³-hybridized carbons (Fsp3) is 0.833. The van der Waals surface area contributed by atoms with Crippen molar-refractivity contribution in [3.05, 3.63) is 0 Å². The molecule has 0 bridgehead atoms. The van der Waals surface area contributed by atoms with Crippen molar-refractivity contribution in [3.8, 4) is 0 Å². The number of hydrogen-bond acceptors (Lipinski definition) is 4. The van der Waals surface area contributed by atoms with Crippen LogP contribution in [0, 0.1) is 0 Å². The summed E-state index contributed by atoms with van der Waals surface area (Å²) in [5, 5.41) is 32.2. The van der Waals surface area contributed by atoms with E-state index in [4.69, 9.17) is 20.4 Å². The molecule has 1 atom stereocenters. The molecule has 0 amide bonds. The van der Waals surface area contributed by atoms with E-state index >= 15 is 0 Å². The van der Waals surface area contributed by atoms with Crippen molar-refractivity contribution in [1.82, 2.24) is 0 Å². The van der Waals surface area contributed by atoms with Crippen molar-refractivity contribution in [1.29, 1.82) is 0 Å². The second-order valence-electron chi connectivity index (χ2n) is 1.77. The molecule has 0 aromatic heterocycles. The number of thiocarbonyl (C=S) groups is 1. The Morgan fingerprint density at radius 1 is 1.33 bits per heavy atom. The van der Waals surface area contributed by atoms with Crippen LogP contribution >= 0.6 is 22.1 Å². The molecule has 0 heterocycles. The first-order valence-corrected chi connectivity index (χ1v) is 3.60. The van der Waals surface area contributed by atoms with Crippen LogP contribution in [0.15, 0.2) is 0 Å². The lowest BCUT2D eigenvalue weighted by Crippen LogP contribution is -2.15. The quantitative estimate of drug-likeness (QED) is 0.384. The van der Waals surface area contributed by atoms with Gasteiger partial charge in [0.15, 0.2) is 5.05 Å². The monoisotopic (exact) mass is 216 g/mol. The highest BCUT2D eigenvalue weighted by Crippen LogP contribution is 1.73. The predicted octanol–water partition coefficient (Wildman–Crippen LogP) is -0.328. The third-order valence-electron chi connectivity index (χ3n) is 0.724. The Morgan fingerprint density at radius 2 is 1.58 bits per heavy atom. The van der Waals surface area contributed by atoms with Gasteiger partial charge in [0.05, 0.1) is 13.2 Å². The van der Waals surface area contributed by atoms with Crippen LogP contribution in [0.5, 0.6) is 0 Å². The fourth-order valence-electron chi connectivity index (χ4n) is 0.0577. The van der Waals surface area contributed by atoms with Crippen LogP contribution in [0.4, 0.5) is 0 Å². The first-order valence-electron chi connectivity index (χ1n) is 3.20. The molecule has 0 fully saturated rings. The third-order valence-corrected chi connectivity index (χ3v) is 1.01. The van der Waals surface area contributed by atoms with E-state index in [1.165, 1.54) is 0 Å². The molecule has 76 valence electrons. The summed E-state index contributed by atoms with van der Waals surface area (Å²) in [5.74, 6) is 0. The minimum atomic E-state index is -0.954. The maximum Gasteiger partial charge on any atom is 0.156 e. The van der Waals surface area contributed by atoms with E-state index in [1.54, 1.807) is 0 Å². The average Bonchev–Trinajstić information content (AvgIpc) is 2.04. The summed E-state index contributed by atoms with van der Waals surface area (Å²) >= 11 is 4.25. The fourth-order valence-corrected chi connectivity index (χ4v) is 0.0577. The lowest BCUT2D eigenvalue weighted by molar-refractivity contribution is 0.0450. The van der Waals surface area contributed by atoms with E-state index in [0.717, 1.165) is 0 Å². The zero-order valence-electron chi connectivity index (χ0n) is 7.10. The molecule has 0 aromatic rings. The van der Waals surface area contributed by atoms with Crippen LogP contribution in [-0.2, 0) is 0 Å². The summed E-state index contributed by atoms with van der Waals surface area (Å²) in [6.45, 7) is 1.08. The minimum Gasteiger partial charge on any atom is -0.502 e. The van der Waals surface area contributed by atoms with Gasteiger partial charge in [0.2, 0.25) is 0 Å². The molecule has 4 N–H and O–H groups in total. The highest BCUT2D eigenvalue weighted by molar-refractivity contribution is 7.80. The SMILES string of the molecule is CCC(O)=S.OCC(O)CO.P. The van der Waals surface area contributed by atoms with Gasteiger partial charge in [-0.15, -0.1) is 0 Å². The topological polar surface area (TPSA) is 80.9 Å². The third kappa shape index (κ3) is 22.5.